The van der Waals surface area contributed by atoms with Gasteiger partial charge >= 0.3 is 17.9 Å². The van der Waals surface area contributed by atoms with E-state index in [1.54, 1.807) is 0 Å². The topological polar surface area (TPSA) is 78.9 Å². The van der Waals surface area contributed by atoms with Crippen molar-refractivity contribution in [1.82, 2.24) is 0 Å². The third kappa shape index (κ3) is 48.0. The molecule has 6 nitrogen and oxygen atoms in total. The van der Waals surface area contributed by atoms with E-state index in [2.05, 4.69) is 81.5 Å². The molecule has 0 bridgehead atoms. The number of hydrogen-bond acceptors (Lipinski definition) is 6. The van der Waals surface area contributed by atoms with Crippen LogP contribution in [0.2, 0.25) is 0 Å². The zero-order chi connectivity index (χ0) is 44.4. The van der Waals surface area contributed by atoms with Gasteiger partial charge in [0.05, 0.1) is 0 Å². The van der Waals surface area contributed by atoms with Crippen LogP contribution < -0.4 is 0 Å². The van der Waals surface area contributed by atoms with Gasteiger partial charge in [0.15, 0.2) is 6.10 Å². The maximum Gasteiger partial charge on any atom is 0.306 e. The van der Waals surface area contributed by atoms with Gasteiger partial charge < -0.3 is 14.2 Å². The van der Waals surface area contributed by atoms with E-state index in [1.165, 1.54) is 128 Å². The number of rotatable bonds is 46. The fourth-order valence-electron chi connectivity index (χ4n) is 7.16. The lowest BCUT2D eigenvalue weighted by Gasteiger charge is -2.18. The summed E-state index contributed by atoms with van der Waals surface area (Å²) < 4.78 is 16.7. The predicted octanol–water partition coefficient (Wildman–Crippen LogP) is 16.9. The van der Waals surface area contributed by atoms with Crippen LogP contribution in [0.5, 0.6) is 0 Å². The van der Waals surface area contributed by atoms with Crippen LogP contribution >= 0.6 is 0 Å². The normalized spacial score (nSPS) is 12.5. The van der Waals surface area contributed by atoms with Crippen molar-refractivity contribution >= 4 is 17.9 Å². The lowest BCUT2D eigenvalue weighted by Crippen LogP contribution is -2.30. The number of ether oxygens (including phenoxy) is 3. The third-order valence-electron chi connectivity index (χ3n) is 11.0. The smallest absolute Gasteiger partial charge is 0.306 e. The highest BCUT2D eigenvalue weighted by atomic mass is 16.6. The Morgan fingerprint density at radius 2 is 0.705 bits per heavy atom. The van der Waals surface area contributed by atoms with Crippen LogP contribution in [0.4, 0.5) is 0 Å². The van der Waals surface area contributed by atoms with Crippen LogP contribution in [0.15, 0.2) is 60.8 Å². The molecule has 0 rings (SSSR count). The Hall–Kier alpha value is -2.89. The highest BCUT2D eigenvalue weighted by Gasteiger charge is 2.19. The molecule has 0 aromatic rings. The summed E-state index contributed by atoms with van der Waals surface area (Å²) >= 11 is 0. The highest BCUT2D eigenvalue weighted by Crippen LogP contribution is 2.15. The summed E-state index contributed by atoms with van der Waals surface area (Å²) in [4.78, 5) is 37.9. The molecule has 0 aliphatic carbocycles. The molecule has 1 unspecified atom stereocenters. The molecule has 61 heavy (non-hydrogen) atoms. The Balaban J connectivity index is 4.39. The number of esters is 3. The van der Waals surface area contributed by atoms with Crippen LogP contribution in [0.3, 0.4) is 0 Å². The third-order valence-corrected chi connectivity index (χ3v) is 11.0. The maximum absolute atomic E-state index is 12.8. The van der Waals surface area contributed by atoms with Gasteiger partial charge in [0, 0.05) is 19.3 Å². The largest absolute Gasteiger partial charge is 0.462 e. The number of carbonyl (C=O) groups excluding carboxylic acids is 3. The van der Waals surface area contributed by atoms with Gasteiger partial charge in [-0.15, -0.1) is 0 Å². The van der Waals surface area contributed by atoms with E-state index < -0.39 is 6.10 Å². The highest BCUT2D eigenvalue weighted by molar-refractivity contribution is 5.71. The first-order valence-corrected chi connectivity index (χ1v) is 25.8. The molecule has 1 atom stereocenters. The first kappa shape index (κ1) is 58.1. The van der Waals surface area contributed by atoms with Gasteiger partial charge in [0.2, 0.25) is 0 Å². The predicted molar refractivity (Wildman–Crippen MR) is 261 cm³/mol. The van der Waals surface area contributed by atoms with Crippen molar-refractivity contribution in [2.24, 2.45) is 0 Å². The molecular weight excluding hydrogens is 757 g/mol. The van der Waals surface area contributed by atoms with Crippen molar-refractivity contribution in [2.75, 3.05) is 13.2 Å². The molecule has 352 valence electrons. The van der Waals surface area contributed by atoms with Gasteiger partial charge in [-0.3, -0.25) is 14.4 Å². The summed E-state index contributed by atoms with van der Waals surface area (Å²) in [6, 6.07) is 0. The Kier molecular flexibility index (Phi) is 47.4. The van der Waals surface area contributed by atoms with Gasteiger partial charge in [0.1, 0.15) is 13.2 Å². The van der Waals surface area contributed by atoms with Gasteiger partial charge in [-0.1, -0.05) is 223 Å². The quantitative estimate of drug-likeness (QED) is 0.0200. The van der Waals surface area contributed by atoms with Gasteiger partial charge in [0.25, 0.3) is 0 Å². The second kappa shape index (κ2) is 49.8. The zero-order valence-corrected chi connectivity index (χ0v) is 40.2. The molecule has 0 N–H and O–H groups in total. The molecule has 0 spiro atoms. The number of carbonyl (C=O) groups is 3. The van der Waals surface area contributed by atoms with Crippen molar-refractivity contribution < 1.29 is 28.6 Å². The van der Waals surface area contributed by atoms with Crippen molar-refractivity contribution in [1.29, 1.82) is 0 Å². The Morgan fingerprint density at radius 3 is 1.18 bits per heavy atom. The van der Waals surface area contributed by atoms with Gasteiger partial charge in [-0.25, -0.2) is 0 Å². The van der Waals surface area contributed by atoms with E-state index in [4.69, 9.17) is 14.2 Å². The van der Waals surface area contributed by atoms with Crippen molar-refractivity contribution in [3.05, 3.63) is 60.8 Å². The molecule has 0 amide bonds. The second-order valence-electron chi connectivity index (χ2n) is 17.1. The van der Waals surface area contributed by atoms with E-state index in [9.17, 15) is 14.4 Å². The Bertz CT molecular complexity index is 1120. The average molecular weight is 853 g/mol. The summed E-state index contributed by atoms with van der Waals surface area (Å²) in [5.74, 6) is -0.957. The molecule has 0 aliphatic heterocycles. The van der Waals surface area contributed by atoms with Crippen molar-refractivity contribution in [3.63, 3.8) is 0 Å². The average Bonchev–Trinajstić information content (AvgIpc) is 3.26. The standard InChI is InChI=1S/C55H96O6/c1-4-7-10-13-16-19-22-24-26-27-29-30-33-36-39-42-45-48-54(57)60-51-52(50-59-53(56)47-44-41-38-35-32-21-18-15-12-9-6-3)61-55(58)49-46-43-40-37-34-31-28-25-23-20-17-14-11-8-5-2/h9,12,17-18,20-21,23,25,35,38,52H,4-8,10-11,13-16,19,22,24,26-34,36-37,39-51H2,1-3H3/b12-9-,20-17-,21-18-,25-23-,38-35-. The van der Waals surface area contributed by atoms with Crippen LogP contribution in [-0.2, 0) is 28.6 Å². The summed E-state index contributed by atoms with van der Waals surface area (Å²) in [6.07, 6.45) is 60.7. The van der Waals surface area contributed by atoms with Gasteiger partial charge in [-0.05, 0) is 70.6 Å². The lowest BCUT2D eigenvalue weighted by atomic mass is 10.0. The van der Waals surface area contributed by atoms with E-state index in [0.717, 1.165) is 77.0 Å². The molecule has 0 saturated carbocycles. The monoisotopic (exact) mass is 853 g/mol. The molecule has 0 saturated heterocycles. The van der Waals surface area contributed by atoms with Gasteiger partial charge in [-0.2, -0.15) is 0 Å². The van der Waals surface area contributed by atoms with E-state index >= 15 is 0 Å². The molecule has 0 radical (unpaired) electrons. The summed E-state index contributed by atoms with van der Waals surface area (Å²) in [6.45, 7) is 6.45. The number of hydrogen-bond donors (Lipinski definition) is 0. The maximum atomic E-state index is 12.8. The fourth-order valence-corrected chi connectivity index (χ4v) is 7.16. The number of unbranched alkanes of at least 4 members (excludes halogenated alkanes) is 26. The molecule has 0 aliphatic rings. The molecule has 6 heteroatoms. The zero-order valence-electron chi connectivity index (χ0n) is 40.2. The Labute approximate surface area is 377 Å². The lowest BCUT2D eigenvalue weighted by molar-refractivity contribution is -0.167. The van der Waals surface area contributed by atoms with Crippen molar-refractivity contribution in [3.8, 4) is 0 Å². The SMILES string of the molecule is CC/C=C\C/C=C\C/C=C\CCCC(=O)OCC(COC(=O)CCCCCCCCCCCCCCCCCCC)OC(=O)CCCCCCCC/C=C\C=C/CCCCC. The minimum absolute atomic E-state index is 0.0929. The number of allylic oxidation sites excluding steroid dienone is 10. The fraction of sp³-hybridized carbons (Fsp3) is 0.764. The summed E-state index contributed by atoms with van der Waals surface area (Å²) in [5, 5.41) is 0. The van der Waals surface area contributed by atoms with E-state index in [0.29, 0.717) is 19.3 Å². The molecule has 0 fully saturated rings. The van der Waals surface area contributed by atoms with E-state index in [-0.39, 0.29) is 37.5 Å². The summed E-state index contributed by atoms with van der Waals surface area (Å²) in [7, 11) is 0. The van der Waals surface area contributed by atoms with Crippen LogP contribution in [0, 0.1) is 0 Å². The first-order chi connectivity index (χ1) is 30.0. The van der Waals surface area contributed by atoms with Crippen LogP contribution in [0.25, 0.3) is 0 Å². The molecule has 0 aromatic carbocycles. The Morgan fingerprint density at radius 1 is 0.361 bits per heavy atom. The van der Waals surface area contributed by atoms with Crippen LogP contribution in [0.1, 0.15) is 252 Å². The van der Waals surface area contributed by atoms with Crippen LogP contribution in [-0.4, -0.2) is 37.2 Å². The summed E-state index contributed by atoms with van der Waals surface area (Å²) in [5.41, 5.74) is 0. The molecule has 0 aromatic heterocycles. The second-order valence-corrected chi connectivity index (χ2v) is 17.1. The van der Waals surface area contributed by atoms with Crippen molar-refractivity contribution in [2.45, 2.75) is 258 Å². The first-order valence-electron chi connectivity index (χ1n) is 25.8. The minimum atomic E-state index is -0.797. The minimum Gasteiger partial charge on any atom is -0.462 e. The van der Waals surface area contributed by atoms with E-state index in [1.807, 2.05) is 0 Å². The molecular formula is C55H96O6. The molecule has 0 heterocycles.